The standard InChI is InChI=1S/C14H7BrClF3N2/c15-9-3-8(7-20)4-11(5-9)21-13-2-1-10(16)6-12(13)14(17,18)19/h1-6,21H. The summed E-state index contributed by atoms with van der Waals surface area (Å²) in [7, 11) is 0. The van der Waals surface area contributed by atoms with E-state index >= 15 is 0 Å². The average Bonchev–Trinajstić information content (AvgIpc) is 2.39. The zero-order valence-corrected chi connectivity index (χ0v) is 12.6. The summed E-state index contributed by atoms with van der Waals surface area (Å²) in [6.07, 6.45) is -4.53. The van der Waals surface area contributed by atoms with Gasteiger partial charge >= 0.3 is 6.18 Å². The molecule has 2 rings (SSSR count). The molecule has 2 nitrogen and oxygen atoms in total. The first-order valence-corrected chi connectivity index (χ1v) is 6.81. The van der Waals surface area contributed by atoms with Gasteiger partial charge in [-0.25, -0.2) is 0 Å². The van der Waals surface area contributed by atoms with Crippen LogP contribution in [0.5, 0.6) is 0 Å². The van der Waals surface area contributed by atoms with Crippen LogP contribution in [0.3, 0.4) is 0 Å². The van der Waals surface area contributed by atoms with E-state index in [2.05, 4.69) is 21.2 Å². The van der Waals surface area contributed by atoms with Crippen molar-refractivity contribution in [3.8, 4) is 6.07 Å². The van der Waals surface area contributed by atoms with E-state index in [1.807, 2.05) is 6.07 Å². The first-order chi connectivity index (χ1) is 9.79. The van der Waals surface area contributed by atoms with Crippen LogP contribution in [0.2, 0.25) is 5.02 Å². The van der Waals surface area contributed by atoms with Gasteiger partial charge in [-0.05, 0) is 36.4 Å². The fourth-order valence-electron chi connectivity index (χ4n) is 1.74. The van der Waals surface area contributed by atoms with Crippen LogP contribution in [0, 0.1) is 11.3 Å². The molecular weight excluding hydrogens is 369 g/mol. The Hall–Kier alpha value is -1.71. The molecule has 1 N–H and O–H groups in total. The van der Waals surface area contributed by atoms with Gasteiger partial charge < -0.3 is 5.32 Å². The molecule has 0 unspecified atom stereocenters. The summed E-state index contributed by atoms with van der Waals surface area (Å²) >= 11 is 8.82. The average molecular weight is 376 g/mol. The van der Waals surface area contributed by atoms with Crippen molar-refractivity contribution in [2.75, 3.05) is 5.32 Å². The van der Waals surface area contributed by atoms with Crippen molar-refractivity contribution < 1.29 is 13.2 Å². The van der Waals surface area contributed by atoms with Gasteiger partial charge in [-0.2, -0.15) is 18.4 Å². The highest BCUT2D eigenvalue weighted by Crippen LogP contribution is 2.38. The Kier molecular flexibility index (Phi) is 4.45. The van der Waals surface area contributed by atoms with E-state index in [0.717, 1.165) is 6.07 Å². The van der Waals surface area contributed by atoms with Gasteiger partial charge in [0.1, 0.15) is 0 Å². The smallest absolute Gasteiger partial charge is 0.355 e. The summed E-state index contributed by atoms with van der Waals surface area (Å²) in [5, 5.41) is 11.5. The van der Waals surface area contributed by atoms with E-state index in [9.17, 15) is 13.2 Å². The van der Waals surface area contributed by atoms with Crippen LogP contribution < -0.4 is 5.32 Å². The highest BCUT2D eigenvalue weighted by molar-refractivity contribution is 9.10. The molecule has 0 amide bonds. The second-order valence-electron chi connectivity index (χ2n) is 4.15. The molecule has 0 saturated heterocycles. The van der Waals surface area contributed by atoms with Gasteiger partial charge in [-0.1, -0.05) is 27.5 Å². The van der Waals surface area contributed by atoms with Gasteiger partial charge in [0.2, 0.25) is 0 Å². The molecule has 0 aromatic heterocycles. The summed E-state index contributed by atoms with van der Waals surface area (Å²) in [6.45, 7) is 0. The molecule has 0 aliphatic heterocycles. The van der Waals surface area contributed by atoms with Crippen LogP contribution in [-0.2, 0) is 6.18 Å². The van der Waals surface area contributed by atoms with Crippen molar-refractivity contribution in [3.05, 3.63) is 57.0 Å². The van der Waals surface area contributed by atoms with E-state index in [1.54, 1.807) is 12.1 Å². The summed E-state index contributed by atoms with van der Waals surface area (Å²) < 4.78 is 39.6. The number of benzene rings is 2. The summed E-state index contributed by atoms with van der Waals surface area (Å²) in [5.41, 5.74) is -0.300. The van der Waals surface area contributed by atoms with Crippen molar-refractivity contribution in [1.29, 1.82) is 5.26 Å². The first-order valence-electron chi connectivity index (χ1n) is 5.64. The maximum Gasteiger partial charge on any atom is 0.418 e. The Morgan fingerprint density at radius 1 is 1.14 bits per heavy atom. The minimum atomic E-state index is -4.53. The Morgan fingerprint density at radius 3 is 2.48 bits per heavy atom. The van der Waals surface area contributed by atoms with E-state index < -0.39 is 11.7 Å². The minimum absolute atomic E-state index is 0.000156. The van der Waals surface area contributed by atoms with Crippen LogP contribution in [0.1, 0.15) is 11.1 Å². The molecule has 0 aliphatic carbocycles. The third-order valence-corrected chi connectivity index (χ3v) is 3.29. The monoisotopic (exact) mass is 374 g/mol. The largest absolute Gasteiger partial charge is 0.418 e. The number of alkyl halides is 3. The molecule has 108 valence electrons. The molecule has 0 bridgehead atoms. The molecule has 0 saturated carbocycles. The zero-order valence-electron chi connectivity index (χ0n) is 10.3. The lowest BCUT2D eigenvalue weighted by Gasteiger charge is -2.15. The molecule has 2 aromatic rings. The second kappa shape index (κ2) is 5.96. The fraction of sp³-hybridized carbons (Fsp3) is 0.0714. The SMILES string of the molecule is N#Cc1cc(Br)cc(Nc2ccc(Cl)cc2C(F)(F)F)c1. The van der Waals surface area contributed by atoms with Gasteiger partial charge in [0.05, 0.1) is 22.9 Å². The minimum Gasteiger partial charge on any atom is -0.355 e. The molecule has 7 heteroatoms. The van der Waals surface area contributed by atoms with Crippen LogP contribution in [-0.4, -0.2) is 0 Å². The molecule has 21 heavy (non-hydrogen) atoms. The highest BCUT2D eigenvalue weighted by Gasteiger charge is 2.33. The number of hydrogen-bond acceptors (Lipinski definition) is 2. The van der Waals surface area contributed by atoms with Gasteiger partial charge in [0, 0.05) is 15.2 Å². The Balaban J connectivity index is 2.45. The summed E-state index contributed by atoms with van der Waals surface area (Å²) in [4.78, 5) is 0. The number of nitriles is 1. The van der Waals surface area contributed by atoms with Crippen molar-refractivity contribution in [2.45, 2.75) is 6.18 Å². The number of anilines is 2. The summed E-state index contributed by atoms with van der Waals surface area (Å²) in [6, 6.07) is 10.0. The highest BCUT2D eigenvalue weighted by atomic mass is 79.9. The van der Waals surface area contributed by atoms with Crippen molar-refractivity contribution in [2.24, 2.45) is 0 Å². The molecule has 0 spiro atoms. The number of hydrogen-bond donors (Lipinski definition) is 1. The third kappa shape index (κ3) is 3.90. The lowest BCUT2D eigenvalue weighted by atomic mass is 10.1. The Bertz CT molecular complexity index is 723. The van der Waals surface area contributed by atoms with Gasteiger partial charge in [0.25, 0.3) is 0 Å². The first kappa shape index (κ1) is 15.7. The number of halogens is 5. The fourth-order valence-corrected chi connectivity index (χ4v) is 2.41. The van der Waals surface area contributed by atoms with Crippen LogP contribution in [0.25, 0.3) is 0 Å². The summed E-state index contributed by atoms with van der Waals surface area (Å²) in [5.74, 6) is 0. The molecule has 0 atom stereocenters. The molecule has 0 radical (unpaired) electrons. The molecular formula is C14H7BrClF3N2. The lowest BCUT2D eigenvalue weighted by Crippen LogP contribution is -2.08. The molecule has 2 aromatic carbocycles. The predicted octanol–water partition coefficient (Wildman–Crippen LogP) is 5.74. The topological polar surface area (TPSA) is 35.8 Å². The Labute approximate surface area is 132 Å². The normalized spacial score (nSPS) is 11.0. The predicted molar refractivity (Wildman–Crippen MR) is 78.6 cm³/mol. The van der Waals surface area contributed by atoms with E-state index in [1.165, 1.54) is 18.2 Å². The lowest BCUT2D eigenvalue weighted by molar-refractivity contribution is -0.136. The molecule has 0 aliphatic rings. The van der Waals surface area contributed by atoms with Gasteiger partial charge in [-0.3, -0.25) is 0 Å². The van der Waals surface area contributed by atoms with Crippen molar-refractivity contribution >= 4 is 38.9 Å². The second-order valence-corrected chi connectivity index (χ2v) is 5.51. The van der Waals surface area contributed by atoms with Gasteiger partial charge in [-0.15, -0.1) is 0 Å². The quantitative estimate of drug-likeness (QED) is 0.727. The number of rotatable bonds is 2. The van der Waals surface area contributed by atoms with E-state index in [4.69, 9.17) is 16.9 Å². The van der Waals surface area contributed by atoms with Crippen molar-refractivity contribution in [3.63, 3.8) is 0 Å². The van der Waals surface area contributed by atoms with Crippen LogP contribution >= 0.6 is 27.5 Å². The Morgan fingerprint density at radius 2 is 1.86 bits per heavy atom. The third-order valence-electron chi connectivity index (χ3n) is 2.59. The van der Waals surface area contributed by atoms with Crippen LogP contribution in [0.4, 0.5) is 24.5 Å². The van der Waals surface area contributed by atoms with Crippen LogP contribution in [0.15, 0.2) is 40.9 Å². The maximum absolute atomic E-state index is 13.0. The molecule has 0 heterocycles. The molecule has 0 fully saturated rings. The van der Waals surface area contributed by atoms with Gasteiger partial charge in [0.15, 0.2) is 0 Å². The number of nitrogens with zero attached hydrogens (tertiary/aromatic N) is 1. The van der Waals surface area contributed by atoms with E-state index in [-0.39, 0.29) is 10.7 Å². The maximum atomic E-state index is 13.0. The van der Waals surface area contributed by atoms with Crippen molar-refractivity contribution in [1.82, 2.24) is 0 Å². The zero-order chi connectivity index (χ0) is 15.6. The van der Waals surface area contributed by atoms with E-state index in [0.29, 0.717) is 15.7 Å². The number of nitrogens with one attached hydrogen (secondary N) is 1.